The lowest BCUT2D eigenvalue weighted by molar-refractivity contribution is -0.384. The van der Waals surface area contributed by atoms with Gasteiger partial charge < -0.3 is 4.74 Å². The van der Waals surface area contributed by atoms with E-state index >= 15 is 0 Å². The van der Waals surface area contributed by atoms with Crippen molar-refractivity contribution in [2.75, 3.05) is 6.61 Å². The Bertz CT molecular complexity index is 574. The van der Waals surface area contributed by atoms with Gasteiger partial charge in [-0.05, 0) is 12.5 Å². The summed E-state index contributed by atoms with van der Waals surface area (Å²) in [6.45, 7) is 1.80. The number of carbonyl (C=O) groups is 2. The summed E-state index contributed by atoms with van der Waals surface area (Å²) in [5.74, 6) is -0.601. The summed E-state index contributed by atoms with van der Waals surface area (Å²) in [6.07, 6.45) is 0.102. The summed E-state index contributed by atoms with van der Waals surface area (Å²) in [5.41, 5.74) is -0.365. The molecule has 0 amide bonds. The summed E-state index contributed by atoms with van der Waals surface area (Å²) in [5, 5.41) is 19.6. The predicted molar refractivity (Wildman–Crippen MR) is 63.5 cm³/mol. The highest BCUT2D eigenvalue weighted by atomic mass is 16.6. The molecule has 1 rings (SSSR count). The minimum absolute atomic E-state index is 0.0567. The van der Waals surface area contributed by atoms with Gasteiger partial charge in [0.05, 0.1) is 29.6 Å². The Balaban J connectivity index is 3.29. The van der Waals surface area contributed by atoms with Crippen molar-refractivity contribution in [3.63, 3.8) is 0 Å². The van der Waals surface area contributed by atoms with Crippen molar-refractivity contribution in [2.45, 2.75) is 13.3 Å². The van der Waals surface area contributed by atoms with Gasteiger partial charge in [-0.3, -0.25) is 19.7 Å². The van der Waals surface area contributed by atoms with E-state index in [1.54, 1.807) is 13.0 Å². The predicted octanol–water partition coefficient (Wildman–Crippen LogP) is 1.38. The van der Waals surface area contributed by atoms with Crippen LogP contribution in [-0.4, -0.2) is 23.8 Å². The maximum absolute atomic E-state index is 11.4. The Morgan fingerprint density at radius 1 is 1.58 bits per heavy atom. The van der Waals surface area contributed by atoms with Crippen LogP contribution in [0.25, 0.3) is 0 Å². The van der Waals surface area contributed by atoms with Crippen molar-refractivity contribution in [3.8, 4) is 6.07 Å². The van der Waals surface area contributed by atoms with Crippen molar-refractivity contribution >= 4 is 17.9 Å². The molecule has 0 unspecified atom stereocenters. The molecule has 0 saturated carbocycles. The Kier molecular flexibility index (Phi) is 4.71. The topological polar surface area (TPSA) is 110 Å². The molecule has 1 aromatic rings. The molecule has 0 aromatic heterocycles. The van der Waals surface area contributed by atoms with Crippen molar-refractivity contribution in [1.82, 2.24) is 0 Å². The first-order valence-corrected chi connectivity index (χ1v) is 5.35. The molecule has 0 aliphatic carbocycles. The number of aldehydes is 1. The molecule has 0 radical (unpaired) electrons. The van der Waals surface area contributed by atoms with Gasteiger partial charge in [-0.25, -0.2) is 0 Å². The number of benzene rings is 1. The molecule has 0 bridgehead atoms. The first-order chi connectivity index (χ1) is 9.03. The van der Waals surface area contributed by atoms with E-state index in [1.165, 1.54) is 0 Å². The number of carbonyl (C=O) groups excluding carboxylic acids is 2. The van der Waals surface area contributed by atoms with Gasteiger partial charge in [-0.1, -0.05) is 0 Å². The van der Waals surface area contributed by atoms with E-state index in [4.69, 9.17) is 10.00 Å². The van der Waals surface area contributed by atoms with Crippen LogP contribution in [0.4, 0.5) is 5.69 Å². The Morgan fingerprint density at radius 2 is 2.26 bits per heavy atom. The zero-order valence-electron chi connectivity index (χ0n) is 10.1. The number of nitro groups is 1. The summed E-state index contributed by atoms with van der Waals surface area (Å²) in [6, 6.07) is 3.80. The number of nitro benzene ring substituents is 1. The van der Waals surface area contributed by atoms with Crippen LogP contribution in [-0.2, 0) is 16.0 Å². The summed E-state index contributed by atoms with van der Waals surface area (Å²) >= 11 is 0. The summed E-state index contributed by atoms with van der Waals surface area (Å²) in [7, 11) is 0. The van der Waals surface area contributed by atoms with E-state index in [-0.39, 0.29) is 35.4 Å². The molecule has 1 aromatic carbocycles. The largest absolute Gasteiger partial charge is 0.466 e. The van der Waals surface area contributed by atoms with Crippen molar-refractivity contribution in [1.29, 1.82) is 5.26 Å². The van der Waals surface area contributed by atoms with Gasteiger partial charge in [-0.2, -0.15) is 5.26 Å². The molecule has 0 spiro atoms. The van der Waals surface area contributed by atoms with E-state index < -0.39 is 10.9 Å². The molecule has 7 heteroatoms. The number of nitriles is 1. The summed E-state index contributed by atoms with van der Waals surface area (Å²) in [4.78, 5) is 32.3. The minimum Gasteiger partial charge on any atom is -0.466 e. The van der Waals surface area contributed by atoms with Gasteiger partial charge in [0, 0.05) is 17.7 Å². The average molecular weight is 262 g/mol. The first-order valence-electron chi connectivity index (χ1n) is 5.35. The Hall–Kier alpha value is -2.75. The van der Waals surface area contributed by atoms with E-state index in [0.717, 1.165) is 12.1 Å². The third-order valence-corrected chi connectivity index (χ3v) is 2.35. The Labute approximate surface area is 108 Å². The third kappa shape index (κ3) is 3.35. The fraction of sp³-hybridized carbons (Fsp3) is 0.250. The van der Waals surface area contributed by atoms with Crippen LogP contribution in [0.15, 0.2) is 12.1 Å². The zero-order valence-corrected chi connectivity index (χ0v) is 10.1. The van der Waals surface area contributed by atoms with E-state index in [9.17, 15) is 19.7 Å². The number of ether oxygens (including phenoxy) is 1. The summed E-state index contributed by atoms with van der Waals surface area (Å²) < 4.78 is 4.72. The molecule has 0 N–H and O–H groups in total. The van der Waals surface area contributed by atoms with Gasteiger partial charge in [0.2, 0.25) is 0 Å². The van der Waals surface area contributed by atoms with Gasteiger partial charge in [0.15, 0.2) is 6.29 Å². The van der Waals surface area contributed by atoms with Gasteiger partial charge in [0.25, 0.3) is 5.69 Å². The lowest BCUT2D eigenvalue weighted by Crippen LogP contribution is -2.11. The highest BCUT2D eigenvalue weighted by Gasteiger charge is 2.18. The quantitative estimate of drug-likeness (QED) is 0.343. The number of non-ortho nitro benzene ring substituents is 1. The van der Waals surface area contributed by atoms with Gasteiger partial charge in [-0.15, -0.1) is 0 Å². The average Bonchev–Trinajstić information content (AvgIpc) is 2.38. The molecule has 0 aliphatic heterocycles. The lowest BCUT2D eigenvalue weighted by atomic mass is 9.98. The highest BCUT2D eigenvalue weighted by molar-refractivity contribution is 5.84. The molecule has 0 atom stereocenters. The van der Waals surface area contributed by atoms with E-state index in [1.807, 2.05) is 0 Å². The van der Waals surface area contributed by atoms with Crippen molar-refractivity contribution in [3.05, 3.63) is 38.9 Å². The number of rotatable bonds is 5. The van der Waals surface area contributed by atoms with Crippen LogP contribution < -0.4 is 0 Å². The van der Waals surface area contributed by atoms with Gasteiger partial charge in [0.1, 0.15) is 0 Å². The monoisotopic (exact) mass is 262 g/mol. The normalized spacial score (nSPS) is 9.47. The smallest absolute Gasteiger partial charge is 0.310 e. The molecule has 0 fully saturated rings. The SMILES string of the molecule is CCOC(=O)Cc1c(C#N)cc([N+](=O)[O-])cc1C=O. The number of nitrogens with zero attached hydrogens (tertiary/aromatic N) is 2. The minimum atomic E-state index is -0.706. The molecule has 98 valence electrons. The molecule has 7 nitrogen and oxygen atoms in total. The van der Waals surface area contributed by atoms with Crippen LogP contribution in [0.2, 0.25) is 0 Å². The van der Waals surface area contributed by atoms with Crippen LogP contribution in [0.3, 0.4) is 0 Å². The fourth-order valence-electron chi connectivity index (χ4n) is 1.54. The lowest BCUT2D eigenvalue weighted by Gasteiger charge is -2.07. The molecule has 0 heterocycles. The second-order valence-electron chi connectivity index (χ2n) is 3.53. The van der Waals surface area contributed by atoms with Crippen LogP contribution >= 0.6 is 0 Å². The fourth-order valence-corrected chi connectivity index (χ4v) is 1.54. The maximum atomic E-state index is 11.4. The zero-order chi connectivity index (χ0) is 14.4. The molecule has 0 saturated heterocycles. The van der Waals surface area contributed by atoms with Crippen molar-refractivity contribution < 1.29 is 19.2 Å². The Morgan fingerprint density at radius 3 is 2.74 bits per heavy atom. The first kappa shape index (κ1) is 14.3. The van der Waals surface area contributed by atoms with E-state index in [0.29, 0.717) is 6.29 Å². The molecule has 19 heavy (non-hydrogen) atoms. The van der Waals surface area contributed by atoms with Crippen molar-refractivity contribution in [2.24, 2.45) is 0 Å². The number of esters is 1. The van der Waals surface area contributed by atoms with Crippen LogP contribution in [0.5, 0.6) is 0 Å². The number of hydrogen-bond acceptors (Lipinski definition) is 6. The standard InChI is InChI=1S/C12H10N2O5/c1-2-19-12(16)5-11-8(6-13)3-10(14(17)18)4-9(11)7-15/h3-4,7H,2,5H2,1H3. The number of hydrogen-bond donors (Lipinski definition) is 0. The highest BCUT2D eigenvalue weighted by Crippen LogP contribution is 2.22. The third-order valence-electron chi connectivity index (χ3n) is 2.35. The molecule has 0 aliphatic rings. The molecular formula is C12H10N2O5. The van der Waals surface area contributed by atoms with Crippen LogP contribution in [0.1, 0.15) is 28.4 Å². The second kappa shape index (κ2) is 6.26. The van der Waals surface area contributed by atoms with Gasteiger partial charge >= 0.3 is 5.97 Å². The van der Waals surface area contributed by atoms with Crippen LogP contribution in [0, 0.1) is 21.4 Å². The molecular weight excluding hydrogens is 252 g/mol. The maximum Gasteiger partial charge on any atom is 0.310 e. The second-order valence-corrected chi connectivity index (χ2v) is 3.53. The van der Waals surface area contributed by atoms with E-state index in [2.05, 4.69) is 0 Å².